The molecular weight excluding hydrogens is 210 g/mol. The Morgan fingerprint density at radius 3 is 2.50 bits per heavy atom. The summed E-state index contributed by atoms with van der Waals surface area (Å²) in [4.78, 5) is 22.4. The van der Waals surface area contributed by atoms with Gasteiger partial charge in [0.1, 0.15) is 13.2 Å². The number of Topliss-reactive ketones (excluding diaryl/α,β-unsaturated/α-hetero) is 1. The van der Waals surface area contributed by atoms with E-state index >= 15 is 0 Å². The highest BCUT2D eigenvalue weighted by Gasteiger charge is 2.26. The van der Waals surface area contributed by atoms with Gasteiger partial charge in [-0.15, -0.1) is 0 Å². The molecule has 1 N–H and O–H groups in total. The lowest BCUT2D eigenvalue weighted by molar-refractivity contribution is -0.134. The molecule has 2 heterocycles. The van der Waals surface area contributed by atoms with Gasteiger partial charge < -0.3 is 14.8 Å². The molecule has 0 radical (unpaired) electrons. The van der Waals surface area contributed by atoms with Crippen LogP contribution >= 0.6 is 0 Å². The number of benzene rings is 1. The smallest absolute Gasteiger partial charge is 0.292 e. The Hall–Kier alpha value is -2.04. The van der Waals surface area contributed by atoms with Crippen molar-refractivity contribution in [2.75, 3.05) is 18.5 Å². The topological polar surface area (TPSA) is 64.6 Å². The van der Waals surface area contributed by atoms with Crippen LogP contribution in [0, 0.1) is 0 Å². The summed E-state index contributed by atoms with van der Waals surface area (Å²) in [6, 6.07) is 3.45. The van der Waals surface area contributed by atoms with Crippen molar-refractivity contribution in [3.05, 3.63) is 17.7 Å². The maximum atomic E-state index is 11.2. The second kappa shape index (κ2) is 3.23. The molecule has 82 valence electrons. The number of nitrogens with one attached hydrogen (secondary N) is 1. The van der Waals surface area contributed by atoms with Crippen LogP contribution < -0.4 is 14.8 Å². The van der Waals surface area contributed by atoms with E-state index in [0.29, 0.717) is 30.4 Å². The average molecular weight is 219 g/mol. The van der Waals surface area contributed by atoms with E-state index in [9.17, 15) is 9.59 Å². The number of amides is 1. The summed E-state index contributed by atoms with van der Waals surface area (Å²) in [7, 11) is 0. The Kier molecular flexibility index (Phi) is 1.86. The van der Waals surface area contributed by atoms with E-state index in [1.54, 1.807) is 12.1 Å². The van der Waals surface area contributed by atoms with Crippen molar-refractivity contribution in [2.24, 2.45) is 0 Å². The van der Waals surface area contributed by atoms with Gasteiger partial charge in [0, 0.05) is 18.2 Å². The highest BCUT2D eigenvalue weighted by atomic mass is 16.6. The van der Waals surface area contributed by atoms with Crippen molar-refractivity contribution < 1.29 is 19.1 Å². The maximum absolute atomic E-state index is 11.2. The molecule has 0 saturated carbocycles. The number of anilines is 1. The molecule has 3 rings (SSSR count). The number of hydrogen-bond acceptors (Lipinski definition) is 4. The van der Waals surface area contributed by atoms with Gasteiger partial charge in [0.2, 0.25) is 5.78 Å². The van der Waals surface area contributed by atoms with E-state index < -0.39 is 11.7 Å². The first-order valence-electron chi connectivity index (χ1n) is 5.01. The van der Waals surface area contributed by atoms with Gasteiger partial charge in [0.25, 0.3) is 5.91 Å². The van der Waals surface area contributed by atoms with Crippen LogP contribution in [0.2, 0.25) is 0 Å². The number of ketones is 1. The zero-order valence-electron chi connectivity index (χ0n) is 8.41. The van der Waals surface area contributed by atoms with E-state index in [2.05, 4.69) is 5.32 Å². The minimum Gasteiger partial charge on any atom is -0.486 e. The van der Waals surface area contributed by atoms with Crippen molar-refractivity contribution >= 4 is 17.4 Å². The van der Waals surface area contributed by atoms with E-state index in [-0.39, 0.29) is 6.42 Å². The number of hydrogen-bond donors (Lipinski definition) is 1. The number of carbonyl (C=O) groups excluding carboxylic acids is 2. The van der Waals surface area contributed by atoms with Gasteiger partial charge >= 0.3 is 0 Å². The molecule has 0 unspecified atom stereocenters. The fraction of sp³-hybridized carbons (Fsp3) is 0.273. The predicted molar refractivity (Wildman–Crippen MR) is 54.8 cm³/mol. The molecule has 5 nitrogen and oxygen atoms in total. The molecule has 16 heavy (non-hydrogen) atoms. The molecular formula is C11H9NO4. The molecule has 0 spiro atoms. The molecule has 0 aliphatic carbocycles. The van der Waals surface area contributed by atoms with Crippen molar-refractivity contribution in [2.45, 2.75) is 6.42 Å². The third-order valence-electron chi connectivity index (χ3n) is 2.62. The van der Waals surface area contributed by atoms with Crippen LogP contribution in [0.15, 0.2) is 12.1 Å². The number of rotatable bonds is 0. The lowest BCUT2D eigenvalue weighted by Gasteiger charge is -2.22. The van der Waals surface area contributed by atoms with Gasteiger partial charge in [-0.25, -0.2) is 0 Å². The zero-order valence-corrected chi connectivity index (χ0v) is 8.41. The number of carbonyl (C=O) groups is 2. The molecule has 1 aromatic rings. The van der Waals surface area contributed by atoms with Crippen LogP contribution in [0.4, 0.5) is 5.69 Å². The van der Waals surface area contributed by atoms with E-state index in [0.717, 1.165) is 5.56 Å². The van der Waals surface area contributed by atoms with Gasteiger partial charge in [-0.05, 0) is 11.6 Å². The fourth-order valence-corrected chi connectivity index (χ4v) is 1.84. The monoisotopic (exact) mass is 219 g/mol. The standard InChI is InChI=1S/C11H9NO4/c13-8-3-6-4-9-10(16-2-1-15-9)5-7(6)12-11(8)14/h4-5H,1-3H2,(H,12,14). The second-order valence-electron chi connectivity index (χ2n) is 3.71. The molecule has 1 amide bonds. The number of ether oxygens (including phenoxy) is 2. The SMILES string of the molecule is O=C1Cc2cc3c(cc2NC1=O)OCCO3. The Balaban J connectivity index is 2.08. The summed E-state index contributed by atoms with van der Waals surface area (Å²) in [5.74, 6) is 0.252. The summed E-state index contributed by atoms with van der Waals surface area (Å²) in [5.41, 5.74) is 1.41. The summed E-state index contributed by atoms with van der Waals surface area (Å²) in [6.07, 6.45) is 0.123. The third-order valence-corrected chi connectivity index (χ3v) is 2.62. The molecule has 2 aliphatic rings. The quantitative estimate of drug-likeness (QED) is 0.646. The minimum atomic E-state index is -0.566. The Bertz CT molecular complexity index is 450. The van der Waals surface area contributed by atoms with Crippen molar-refractivity contribution in [3.8, 4) is 11.5 Å². The summed E-state index contributed by atoms with van der Waals surface area (Å²) in [6.45, 7) is 1.00. The summed E-state index contributed by atoms with van der Waals surface area (Å²) in [5, 5.41) is 2.54. The fourth-order valence-electron chi connectivity index (χ4n) is 1.84. The Morgan fingerprint density at radius 2 is 1.75 bits per heavy atom. The first-order valence-corrected chi connectivity index (χ1v) is 5.01. The zero-order chi connectivity index (χ0) is 11.1. The molecule has 0 saturated heterocycles. The third kappa shape index (κ3) is 1.32. The van der Waals surface area contributed by atoms with Gasteiger partial charge in [-0.3, -0.25) is 9.59 Å². The molecule has 0 aromatic heterocycles. The largest absolute Gasteiger partial charge is 0.486 e. The molecule has 1 aromatic carbocycles. The van der Waals surface area contributed by atoms with E-state index in [1.807, 2.05) is 0 Å². The van der Waals surface area contributed by atoms with Crippen LogP contribution in [0.1, 0.15) is 5.56 Å². The molecule has 0 fully saturated rings. The van der Waals surface area contributed by atoms with Crippen molar-refractivity contribution in [1.82, 2.24) is 0 Å². The van der Waals surface area contributed by atoms with Crippen molar-refractivity contribution in [3.63, 3.8) is 0 Å². The second-order valence-corrected chi connectivity index (χ2v) is 3.71. The molecule has 0 bridgehead atoms. The molecule has 5 heteroatoms. The first-order chi connectivity index (χ1) is 7.74. The maximum Gasteiger partial charge on any atom is 0.292 e. The van der Waals surface area contributed by atoms with Gasteiger partial charge in [0.15, 0.2) is 11.5 Å². The van der Waals surface area contributed by atoms with E-state index in [4.69, 9.17) is 9.47 Å². The Labute approximate surface area is 91.3 Å². The summed E-state index contributed by atoms with van der Waals surface area (Å²) < 4.78 is 10.8. The number of fused-ring (bicyclic) bond motifs is 2. The lowest BCUT2D eigenvalue weighted by atomic mass is 10.0. The average Bonchev–Trinajstić information content (AvgIpc) is 2.28. The van der Waals surface area contributed by atoms with E-state index in [1.165, 1.54) is 0 Å². The highest BCUT2D eigenvalue weighted by Crippen LogP contribution is 2.36. The molecule has 2 aliphatic heterocycles. The first kappa shape index (κ1) is 9.21. The van der Waals surface area contributed by atoms with Gasteiger partial charge in [-0.1, -0.05) is 0 Å². The van der Waals surface area contributed by atoms with Crippen LogP contribution in [-0.4, -0.2) is 24.9 Å². The van der Waals surface area contributed by atoms with Crippen molar-refractivity contribution in [1.29, 1.82) is 0 Å². The van der Waals surface area contributed by atoms with Crippen LogP contribution in [-0.2, 0) is 16.0 Å². The minimum absolute atomic E-state index is 0.123. The lowest BCUT2D eigenvalue weighted by Crippen LogP contribution is -2.30. The normalized spacial score (nSPS) is 17.8. The van der Waals surface area contributed by atoms with Gasteiger partial charge in [0.05, 0.1) is 0 Å². The predicted octanol–water partition coefficient (Wildman–Crippen LogP) is 0.521. The molecule has 0 atom stereocenters. The van der Waals surface area contributed by atoms with Crippen LogP contribution in [0.5, 0.6) is 11.5 Å². The van der Waals surface area contributed by atoms with Crippen LogP contribution in [0.25, 0.3) is 0 Å². The van der Waals surface area contributed by atoms with Gasteiger partial charge in [-0.2, -0.15) is 0 Å². The Morgan fingerprint density at radius 1 is 1.06 bits per heavy atom. The highest BCUT2D eigenvalue weighted by molar-refractivity contribution is 6.42. The van der Waals surface area contributed by atoms with Crippen LogP contribution in [0.3, 0.4) is 0 Å². The summed E-state index contributed by atoms with van der Waals surface area (Å²) >= 11 is 0.